The van der Waals surface area contributed by atoms with Crippen LogP contribution in [0.15, 0.2) is 24.3 Å². The lowest BCUT2D eigenvalue weighted by atomic mass is 9.93. The van der Waals surface area contributed by atoms with Crippen molar-refractivity contribution in [3.8, 4) is 6.07 Å². The van der Waals surface area contributed by atoms with Crippen LogP contribution in [-0.2, 0) is 0 Å². The van der Waals surface area contributed by atoms with Crippen molar-refractivity contribution in [1.29, 1.82) is 5.26 Å². The second kappa shape index (κ2) is 5.56. The van der Waals surface area contributed by atoms with Crippen LogP contribution < -0.4 is 0 Å². The number of hydrogen-bond donors (Lipinski definition) is 0. The van der Waals surface area contributed by atoms with Crippen LogP contribution in [0.25, 0.3) is 0 Å². The molecule has 80 valence electrons. The third kappa shape index (κ3) is 3.40. The van der Waals surface area contributed by atoms with E-state index in [1.807, 2.05) is 0 Å². The fourth-order valence-electron chi connectivity index (χ4n) is 1.66. The number of benzene rings is 1. The Hall–Kier alpha value is -1.29. The first-order valence-electron chi connectivity index (χ1n) is 5.62. The number of hydrogen-bond acceptors (Lipinski definition) is 1. The van der Waals surface area contributed by atoms with Gasteiger partial charge in [0.2, 0.25) is 0 Å². The lowest BCUT2D eigenvalue weighted by Gasteiger charge is -2.11. The molecule has 0 aromatic heterocycles. The molecule has 0 fully saturated rings. The third-order valence-corrected chi connectivity index (χ3v) is 2.86. The molecule has 1 aromatic carbocycles. The van der Waals surface area contributed by atoms with Gasteiger partial charge in [0.15, 0.2) is 0 Å². The molecule has 1 nitrogen and oxygen atoms in total. The second-order valence-corrected chi connectivity index (χ2v) is 4.42. The van der Waals surface area contributed by atoms with Crippen molar-refractivity contribution in [2.75, 3.05) is 0 Å². The topological polar surface area (TPSA) is 23.8 Å². The monoisotopic (exact) mass is 201 g/mol. The van der Waals surface area contributed by atoms with E-state index in [2.05, 4.69) is 51.1 Å². The van der Waals surface area contributed by atoms with Gasteiger partial charge in [-0.3, -0.25) is 0 Å². The summed E-state index contributed by atoms with van der Waals surface area (Å²) >= 11 is 0. The predicted octanol–water partition coefficient (Wildman–Crippen LogP) is 4.22. The van der Waals surface area contributed by atoms with Crippen molar-refractivity contribution >= 4 is 0 Å². The van der Waals surface area contributed by atoms with Gasteiger partial charge in [0, 0.05) is 6.42 Å². The SMILES string of the molecule is CC(C)c1ccc(C(C)CCC#N)cc1. The van der Waals surface area contributed by atoms with Crippen LogP contribution in [0.3, 0.4) is 0 Å². The molecule has 0 aliphatic rings. The van der Waals surface area contributed by atoms with E-state index in [0.29, 0.717) is 18.3 Å². The van der Waals surface area contributed by atoms with Gasteiger partial charge in [-0.15, -0.1) is 0 Å². The second-order valence-electron chi connectivity index (χ2n) is 4.42. The fraction of sp³-hybridized carbons (Fsp3) is 0.500. The summed E-state index contributed by atoms with van der Waals surface area (Å²) in [4.78, 5) is 0. The summed E-state index contributed by atoms with van der Waals surface area (Å²) in [5.74, 6) is 1.08. The van der Waals surface area contributed by atoms with E-state index in [0.717, 1.165) is 6.42 Å². The molecule has 15 heavy (non-hydrogen) atoms. The van der Waals surface area contributed by atoms with Crippen LogP contribution >= 0.6 is 0 Å². The summed E-state index contributed by atoms with van der Waals surface area (Å²) in [7, 11) is 0. The highest BCUT2D eigenvalue weighted by atomic mass is 14.2. The highest BCUT2D eigenvalue weighted by Gasteiger charge is 2.05. The standard InChI is InChI=1S/C14H19N/c1-11(2)13-6-8-14(9-7-13)12(3)5-4-10-15/h6-9,11-12H,4-5H2,1-3H3. The molecular formula is C14H19N. The Morgan fingerprint density at radius 1 is 1.07 bits per heavy atom. The van der Waals surface area contributed by atoms with Gasteiger partial charge < -0.3 is 0 Å². The third-order valence-electron chi connectivity index (χ3n) is 2.86. The normalized spacial score (nSPS) is 12.5. The summed E-state index contributed by atoms with van der Waals surface area (Å²) in [5.41, 5.74) is 2.72. The Bertz CT molecular complexity index is 329. The Labute approximate surface area is 92.7 Å². The maximum Gasteiger partial charge on any atom is 0.0621 e. The number of nitriles is 1. The molecule has 0 aliphatic heterocycles. The first kappa shape index (κ1) is 11.8. The van der Waals surface area contributed by atoms with Gasteiger partial charge in [0.05, 0.1) is 6.07 Å². The summed E-state index contributed by atoms with van der Waals surface area (Å²) in [6.07, 6.45) is 1.60. The minimum atomic E-state index is 0.492. The van der Waals surface area contributed by atoms with Gasteiger partial charge in [-0.25, -0.2) is 0 Å². The first-order chi connectivity index (χ1) is 7.15. The van der Waals surface area contributed by atoms with Crippen molar-refractivity contribution in [3.63, 3.8) is 0 Å². The summed E-state index contributed by atoms with van der Waals surface area (Å²) in [6, 6.07) is 11.0. The Kier molecular flexibility index (Phi) is 4.37. The van der Waals surface area contributed by atoms with Crippen molar-refractivity contribution in [2.24, 2.45) is 0 Å². The Morgan fingerprint density at radius 2 is 1.60 bits per heavy atom. The zero-order valence-corrected chi connectivity index (χ0v) is 9.83. The first-order valence-corrected chi connectivity index (χ1v) is 5.62. The largest absolute Gasteiger partial charge is 0.198 e. The van der Waals surface area contributed by atoms with Crippen LogP contribution in [0.5, 0.6) is 0 Å². The van der Waals surface area contributed by atoms with Crippen LogP contribution in [-0.4, -0.2) is 0 Å². The molecule has 0 N–H and O–H groups in total. The van der Waals surface area contributed by atoms with E-state index in [-0.39, 0.29) is 0 Å². The van der Waals surface area contributed by atoms with Crippen molar-refractivity contribution in [2.45, 2.75) is 45.4 Å². The average molecular weight is 201 g/mol. The van der Waals surface area contributed by atoms with E-state index in [1.54, 1.807) is 0 Å². The van der Waals surface area contributed by atoms with E-state index in [9.17, 15) is 0 Å². The molecular weight excluding hydrogens is 182 g/mol. The molecule has 1 atom stereocenters. The summed E-state index contributed by atoms with van der Waals surface area (Å²) in [6.45, 7) is 6.59. The van der Waals surface area contributed by atoms with Gasteiger partial charge >= 0.3 is 0 Å². The molecule has 0 saturated carbocycles. The van der Waals surface area contributed by atoms with E-state index >= 15 is 0 Å². The maximum atomic E-state index is 8.53. The molecule has 0 spiro atoms. The molecule has 0 amide bonds. The minimum absolute atomic E-state index is 0.492. The zero-order valence-electron chi connectivity index (χ0n) is 9.83. The molecule has 0 heterocycles. The highest BCUT2D eigenvalue weighted by molar-refractivity contribution is 5.26. The smallest absolute Gasteiger partial charge is 0.0621 e. The quantitative estimate of drug-likeness (QED) is 0.715. The molecule has 0 radical (unpaired) electrons. The molecule has 0 saturated heterocycles. The molecule has 0 aliphatic carbocycles. The number of rotatable bonds is 4. The van der Waals surface area contributed by atoms with Crippen LogP contribution in [0, 0.1) is 11.3 Å². The summed E-state index contributed by atoms with van der Waals surface area (Å²) < 4.78 is 0. The predicted molar refractivity (Wildman–Crippen MR) is 63.8 cm³/mol. The molecule has 1 unspecified atom stereocenters. The highest BCUT2D eigenvalue weighted by Crippen LogP contribution is 2.22. The van der Waals surface area contributed by atoms with E-state index in [1.165, 1.54) is 11.1 Å². The van der Waals surface area contributed by atoms with Crippen molar-refractivity contribution < 1.29 is 0 Å². The van der Waals surface area contributed by atoms with Crippen molar-refractivity contribution in [1.82, 2.24) is 0 Å². The molecule has 1 heteroatoms. The van der Waals surface area contributed by atoms with Crippen molar-refractivity contribution in [3.05, 3.63) is 35.4 Å². The Balaban J connectivity index is 2.67. The van der Waals surface area contributed by atoms with Crippen LogP contribution in [0.2, 0.25) is 0 Å². The van der Waals surface area contributed by atoms with Gasteiger partial charge in [-0.2, -0.15) is 5.26 Å². The van der Waals surface area contributed by atoms with Gasteiger partial charge in [0.25, 0.3) is 0 Å². The van der Waals surface area contributed by atoms with Crippen LogP contribution in [0.4, 0.5) is 0 Å². The van der Waals surface area contributed by atoms with Gasteiger partial charge in [-0.1, -0.05) is 45.0 Å². The number of nitrogens with zero attached hydrogens (tertiary/aromatic N) is 1. The van der Waals surface area contributed by atoms with Gasteiger partial charge in [-0.05, 0) is 29.4 Å². The molecule has 1 aromatic rings. The van der Waals surface area contributed by atoms with E-state index in [4.69, 9.17) is 5.26 Å². The maximum absolute atomic E-state index is 8.53. The molecule has 1 rings (SSSR count). The summed E-state index contributed by atoms with van der Waals surface area (Å²) in [5, 5.41) is 8.53. The molecule has 0 bridgehead atoms. The lowest BCUT2D eigenvalue weighted by Crippen LogP contribution is -1.94. The van der Waals surface area contributed by atoms with Gasteiger partial charge in [0.1, 0.15) is 0 Å². The minimum Gasteiger partial charge on any atom is -0.198 e. The fourth-order valence-corrected chi connectivity index (χ4v) is 1.66. The lowest BCUT2D eigenvalue weighted by molar-refractivity contribution is 0.694. The Morgan fingerprint density at radius 3 is 2.07 bits per heavy atom. The van der Waals surface area contributed by atoms with Crippen LogP contribution in [0.1, 0.15) is 56.6 Å². The average Bonchev–Trinajstić information content (AvgIpc) is 2.26. The zero-order chi connectivity index (χ0) is 11.3. The van der Waals surface area contributed by atoms with E-state index < -0.39 is 0 Å².